The van der Waals surface area contributed by atoms with Gasteiger partial charge in [-0.25, -0.2) is 9.59 Å². The highest BCUT2D eigenvalue weighted by Gasteiger charge is 2.39. The molecule has 7 nitrogen and oxygen atoms in total. The molecule has 3 rings (SSSR count). The van der Waals surface area contributed by atoms with Crippen molar-refractivity contribution in [3.63, 3.8) is 0 Å². The third-order valence-corrected chi connectivity index (χ3v) is 5.68. The van der Waals surface area contributed by atoms with Crippen LogP contribution in [0.3, 0.4) is 0 Å². The molecular weight excluding hydrogens is 382 g/mol. The van der Waals surface area contributed by atoms with Gasteiger partial charge in [0.05, 0.1) is 18.8 Å². The third-order valence-electron chi connectivity index (χ3n) is 5.44. The number of unbranched alkanes of at least 4 members (excludes halogenated alkanes) is 1. The molecule has 0 aliphatic carbocycles. The average Bonchev–Trinajstić information content (AvgIpc) is 3.07. The number of rotatable bonds is 6. The zero-order chi connectivity index (χ0) is 20.1. The van der Waals surface area contributed by atoms with Gasteiger partial charge in [0.1, 0.15) is 12.4 Å². The van der Waals surface area contributed by atoms with E-state index in [0.29, 0.717) is 36.2 Å². The number of likely N-dealkylation sites (tertiary alicyclic amines) is 1. The molecule has 2 heterocycles. The largest absolute Gasteiger partial charge is 0.495 e. The van der Waals surface area contributed by atoms with Gasteiger partial charge in [0.2, 0.25) is 0 Å². The quantitative estimate of drug-likeness (QED) is 0.757. The van der Waals surface area contributed by atoms with E-state index >= 15 is 0 Å². The van der Waals surface area contributed by atoms with Crippen LogP contribution in [0.15, 0.2) is 18.2 Å². The maximum absolute atomic E-state index is 12.7. The summed E-state index contributed by atoms with van der Waals surface area (Å²) in [5, 5.41) is 3.40. The van der Waals surface area contributed by atoms with Gasteiger partial charge in [-0.1, -0.05) is 31.4 Å². The fourth-order valence-corrected chi connectivity index (χ4v) is 4.07. The second kappa shape index (κ2) is 9.37. The van der Waals surface area contributed by atoms with Gasteiger partial charge in [0.15, 0.2) is 0 Å². The Morgan fingerprint density at radius 1 is 1.36 bits per heavy atom. The molecule has 28 heavy (non-hydrogen) atoms. The molecule has 1 atom stereocenters. The number of amides is 3. The third kappa shape index (κ3) is 4.63. The number of nitrogens with zero attached hydrogens (tertiary/aromatic N) is 2. The summed E-state index contributed by atoms with van der Waals surface area (Å²) in [6, 6.07) is 5.20. The highest BCUT2D eigenvalue weighted by molar-refractivity contribution is 6.31. The minimum atomic E-state index is -0.215. The first kappa shape index (κ1) is 20.6. The first-order chi connectivity index (χ1) is 13.5. The van der Waals surface area contributed by atoms with Gasteiger partial charge < -0.3 is 19.7 Å². The van der Waals surface area contributed by atoms with Gasteiger partial charge in [-0.2, -0.15) is 0 Å². The Bertz CT molecular complexity index is 707. The minimum Gasteiger partial charge on any atom is -0.495 e. The molecule has 154 valence electrons. The highest BCUT2D eigenvalue weighted by Crippen LogP contribution is 2.29. The number of halogens is 1. The van der Waals surface area contributed by atoms with Gasteiger partial charge in [0, 0.05) is 24.2 Å². The van der Waals surface area contributed by atoms with Crippen molar-refractivity contribution < 1.29 is 19.1 Å². The number of urea groups is 1. The predicted molar refractivity (Wildman–Crippen MR) is 108 cm³/mol. The van der Waals surface area contributed by atoms with Crippen molar-refractivity contribution in [2.45, 2.75) is 51.1 Å². The average molecular weight is 410 g/mol. The molecule has 1 aromatic rings. The van der Waals surface area contributed by atoms with Crippen LogP contribution >= 0.6 is 11.6 Å². The second-order valence-electron chi connectivity index (χ2n) is 7.27. The number of hydrogen-bond donors (Lipinski definition) is 1. The lowest BCUT2D eigenvalue weighted by Crippen LogP contribution is -2.50. The topological polar surface area (TPSA) is 71.1 Å². The summed E-state index contributed by atoms with van der Waals surface area (Å²) in [5.41, 5.74) is 0.546. The van der Waals surface area contributed by atoms with Crippen LogP contribution < -0.4 is 10.1 Å². The number of carbonyl (C=O) groups is 2. The van der Waals surface area contributed by atoms with Crippen molar-refractivity contribution in [1.82, 2.24) is 9.80 Å². The van der Waals surface area contributed by atoms with E-state index in [4.69, 9.17) is 21.1 Å². The van der Waals surface area contributed by atoms with E-state index in [1.165, 1.54) is 0 Å². The van der Waals surface area contributed by atoms with Crippen LogP contribution in [0.4, 0.5) is 15.3 Å². The van der Waals surface area contributed by atoms with Crippen molar-refractivity contribution in [3.05, 3.63) is 23.2 Å². The lowest BCUT2D eigenvalue weighted by molar-refractivity contribution is 0.114. The number of piperidine rings is 1. The Morgan fingerprint density at radius 2 is 2.11 bits per heavy atom. The normalized spacial score (nSPS) is 20.2. The summed E-state index contributed by atoms with van der Waals surface area (Å²) in [5.74, 6) is 0.561. The second-order valence-corrected chi connectivity index (χ2v) is 7.71. The summed E-state index contributed by atoms with van der Waals surface area (Å²) in [7, 11) is 1.55. The van der Waals surface area contributed by atoms with Crippen molar-refractivity contribution in [3.8, 4) is 5.75 Å². The number of ether oxygens (including phenoxy) is 2. The number of hydrogen-bond acceptors (Lipinski definition) is 4. The van der Waals surface area contributed by atoms with Crippen LogP contribution in [0.25, 0.3) is 0 Å². The predicted octanol–water partition coefficient (Wildman–Crippen LogP) is 4.36. The molecule has 8 heteroatoms. The zero-order valence-corrected chi connectivity index (χ0v) is 17.2. The Labute approximate surface area is 170 Å². The summed E-state index contributed by atoms with van der Waals surface area (Å²) >= 11 is 6.03. The Morgan fingerprint density at radius 3 is 2.79 bits per heavy atom. The maximum atomic E-state index is 12.7. The van der Waals surface area contributed by atoms with Gasteiger partial charge in [-0.3, -0.25) is 4.90 Å². The molecule has 2 fully saturated rings. The molecule has 1 aromatic carbocycles. The number of anilines is 1. The summed E-state index contributed by atoms with van der Waals surface area (Å²) in [6.45, 7) is 3.80. The van der Waals surface area contributed by atoms with E-state index in [1.807, 2.05) is 4.90 Å². The number of benzene rings is 1. The monoisotopic (exact) mass is 409 g/mol. The molecule has 0 spiro atoms. The molecule has 2 aliphatic heterocycles. The van der Waals surface area contributed by atoms with Gasteiger partial charge >= 0.3 is 12.1 Å². The molecule has 1 unspecified atom stereocenters. The summed E-state index contributed by atoms with van der Waals surface area (Å²) in [4.78, 5) is 28.5. The Hall–Kier alpha value is -2.15. The molecular formula is C20H28ClN3O4. The number of carbonyl (C=O) groups excluding carboxylic acids is 2. The van der Waals surface area contributed by atoms with Crippen LogP contribution in [-0.4, -0.2) is 60.8 Å². The Kier molecular flexibility index (Phi) is 6.88. The smallest absolute Gasteiger partial charge is 0.410 e. The standard InChI is InChI=1S/C20H28ClN3O4/c1-3-4-5-16-13-28-20(26)24(16)15-8-10-23(11-9-15)19(25)22-17-12-14(21)6-7-18(17)27-2/h6-7,12,15-16H,3-5,8-11,13H2,1-2H3,(H,22,25). The molecule has 3 amide bonds. The summed E-state index contributed by atoms with van der Waals surface area (Å²) < 4.78 is 10.6. The molecule has 0 saturated carbocycles. The van der Waals surface area contributed by atoms with E-state index in [0.717, 1.165) is 32.1 Å². The zero-order valence-electron chi connectivity index (χ0n) is 16.4. The maximum Gasteiger partial charge on any atom is 0.410 e. The van der Waals surface area contributed by atoms with Gasteiger partial charge in [-0.15, -0.1) is 0 Å². The summed E-state index contributed by atoms with van der Waals surface area (Å²) in [6.07, 6.45) is 4.44. The molecule has 2 aliphatic rings. The first-order valence-electron chi connectivity index (χ1n) is 9.88. The molecule has 2 saturated heterocycles. The fourth-order valence-electron chi connectivity index (χ4n) is 3.90. The van der Waals surface area contributed by atoms with E-state index in [-0.39, 0.29) is 24.2 Å². The minimum absolute atomic E-state index is 0.126. The van der Waals surface area contributed by atoms with Crippen molar-refractivity contribution in [2.24, 2.45) is 0 Å². The van der Waals surface area contributed by atoms with E-state index in [9.17, 15) is 9.59 Å². The number of cyclic esters (lactones) is 1. The van der Waals surface area contributed by atoms with Crippen LogP contribution in [0.5, 0.6) is 5.75 Å². The molecule has 1 N–H and O–H groups in total. The first-order valence-corrected chi connectivity index (χ1v) is 10.3. The van der Waals surface area contributed by atoms with Crippen LogP contribution in [-0.2, 0) is 4.74 Å². The molecule has 0 aromatic heterocycles. The van der Waals surface area contributed by atoms with E-state index in [2.05, 4.69) is 12.2 Å². The van der Waals surface area contributed by atoms with Crippen LogP contribution in [0, 0.1) is 0 Å². The van der Waals surface area contributed by atoms with Gasteiger partial charge in [-0.05, 0) is 37.5 Å². The van der Waals surface area contributed by atoms with Gasteiger partial charge in [0.25, 0.3) is 0 Å². The number of nitrogens with one attached hydrogen (secondary N) is 1. The van der Waals surface area contributed by atoms with E-state index in [1.54, 1.807) is 30.2 Å². The lowest BCUT2D eigenvalue weighted by Gasteiger charge is -2.37. The molecule has 0 radical (unpaired) electrons. The molecule has 0 bridgehead atoms. The van der Waals surface area contributed by atoms with Crippen LogP contribution in [0.2, 0.25) is 5.02 Å². The van der Waals surface area contributed by atoms with Crippen molar-refractivity contribution >= 4 is 29.4 Å². The lowest BCUT2D eigenvalue weighted by atomic mass is 10.0. The SMILES string of the molecule is CCCCC1COC(=O)N1C1CCN(C(=O)Nc2cc(Cl)ccc2OC)CC1. The van der Waals surface area contributed by atoms with Crippen LogP contribution in [0.1, 0.15) is 39.0 Å². The van der Waals surface area contributed by atoms with E-state index < -0.39 is 0 Å². The van der Waals surface area contributed by atoms with Crippen molar-refractivity contribution in [2.75, 3.05) is 32.1 Å². The van der Waals surface area contributed by atoms with Crippen molar-refractivity contribution in [1.29, 1.82) is 0 Å². The highest BCUT2D eigenvalue weighted by atomic mass is 35.5. The number of methoxy groups -OCH3 is 1. The fraction of sp³-hybridized carbons (Fsp3) is 0.600. The Balaban J connectivity index is 1.57.